The fraction of sp³-hybridized carbons (Fsp3) is 0.235. The molecule has 0 radical (unpaired) electrons. The van der Waals surface area contributed by atoms with Gasteiger partial charge in [0, 0.05) is 17.6 Å². The van der Waals surface area contributed by atoms with Gasteiger partial charge < -0.3 is 23.7 Å². The third-order valence-electron chi connectivity index (χ3n) is 5.84. The van der Waals surface area contributed by atoms with Gasteiger partial charge in [-0.2, -0.15) is 0 Å². The first-order valence-corrected chi connectivity index (χ1v) is 13.7. The van der Waals surface area contributed by atoms with Crippen LogP contribution in [0.15, 0.2) is 91.0 Å². The monoisotopic (exact) mass is 586 g/mol. The molecule has 0 aliphatic heterocycles. The Morgan fingerprint density at radius 2 is 1.21 bits per heavy atom. The van der Waals surface area contributed by atoms with Crippen LogP contribution in [0.5, 0.6) is 23.0 Å². The minimum atomic E-state index is -0.588. The Bertz CT molecular complexity index is 1490. The Balaban J connectivity index is 1.57. The van der Waals surface area contributed by atoms with E-state index in [2.05, 4.69) is 13.2 Å². The van der Waals surface area contributed by atoms with Crippen LogP contribution in [0, 0.1) is 0 Å². The number of ether oxygens (including phenoxy) is 5. The molecule has 9 nitrogen and oxygen atoms in total. The number of aryl methyl sites for hydroxylation is 1. The van der Waals surface area contributed by atoms with Gasteiger partial charge in [-0.25, -0.2) is 19.2 Å². The summed E-state index contributed by atoms with van der Waals surface area (Å²) in [6.45, 7) is 12.7. The average molecular weight is 587 g/mol. The second-order valence-corrected chi connectivity index (χ2v) is 9.64. The van der Waals surface area contributed by atoms with Gasteiger partial charge in [0.1, 0.15) is 23.0 Å². The molecule has 0 unspecified atom stereocenters. The Labute approximate surface area is 250 Å². The summed E-state index contributed by atoms with van der Waals surface area (Å²) < 4.78 is 27.0. The SMILES string of the molecule is C=C(C)C(=O)OCCCOc1ccc(C(=O)Oc2ccc(OC(=O)c3ccc(OC(=O)C(=C)C)cc3)c(CCC)c2)cc1. The maximum Gasteiger partial charge on any atom is 0.343 e. The lowest BCUT2D eigenvalue weighted by Crippen LogP contribution is -2.12. The average Bonchev–Trinajstić information content (AvgIpc) is 2.98. The van der Waals surface area contributed by atoms with Crippen LogP contribution in [0.1, 0.15) is 59.9 Å². The first-order chi connectivity index (χ1) is 20.6. The molecular weight excluding hydrogens is 552 g/mol. The van der Waals surface area contributed by atoms with Crippen LogP contribution in [0.2, 0.25) is 0 Å². The lowest BCUT2D eigenvalue weighted by atomic mass is 10.1. The molecule has 9 heteroatoms. The van der Waals surface area contributed by atoms with Crippen LogP contribution in [0.3, 0.4) is 0 Å². The van der Waals surface area contributed by atoms with Crippen LogP contribution in [0.4, 0.5) is 0 Å². The maximum atomic E-state index is 12.8. The summed E-state index contributed by atoms with van der Waals surface area (Å²) in [6.07, 6.45) is 1.86. The van der Waals surface area contributed by atoms with Gasteiger partial charge in [-0.1, -0.05) is 26.5 Å². The molecule has 3 aromatic carbocycles. The number of rotatable bonds is 14. The standard InChI is InChI=1S/C34H34O9/c1-6-8-26-21-29(17-18-30(26)43-34(38)25-11-15-28(16-12-25)41-32(36)23(4)5)42-33(37)24-9-13-27(14-10-24)39-19-7-20-40-31(35)22(2)3/h9-18,21H,2,4,6-8,19-20H2,1,3,5H3. The van der Waals surface area contributed by atoms with Gasteiger partial charge in [-0.15, -0.1) is 0 Å². The molecule has 3 aromatic rings. The molecule has 0 N–H and O–H groups in total. The predicted molar refractivity (Wildman–Crippen MR) is 160 cm³/mol. The molecule has 0 fully saturated rings. The highest BCUT2D eigenvalue weighted by Crippen LogP contribution is 2.28. The summed E-state index contributed by atoms with van der Waals surface area (Å²) in [5.74, 6) is -0.647. The van der Waals surface area contributed by atoms with Gasteiger partial charge >= 0.3 is 23.9 Å². The molecule has 0 spiro atoms. The van der Waals surface area contributed by atoms with E-state index in [1.807, 2.05) is 6.92 Å². The van der Waals surface area contributed by atoms with Crippen LogP contribution >= 0.6 is 0 Å². The Hall–Kier alpha value is -5.18. The van der Waals surface area contributed by atoms with Crippen LogP contribution in [0.25, 0.3) is 0 Å². The number of hydrogen-bond acceptors (Lipinski definition) is 9. The molecule has 0 bridgehead atoms. The van der Waals surface area contributed by atoms with E-state index in [-0.39, 0.29) is 23.5 Å². The lowest BCUT2D eigenvalue weighted by molar-refractivity contribution is -0.139. The summed E-state index contributed by atoms with van der Waals surface area (Å²) in [4.78, 5) is 48.6. The Morgan fingerprint density at radius 3 is 1.79 bits per heavy atom. The molecule has 0 saturated heterocycles. The van der Waals surface area contributed by atoms with E-state index in [0.29, 0.717) is 53.4 Å². The van der Waals surface area contributed by atoms with Crippen molar-refractivity contribution in [3.63, 3.8) is 0 Å². The number of hydrogen-bond donors (Lipinski definition) is 0. The second-order valence-electron chi connectivity index (χ2n) is 9.64. The topological polar surface area (TPSA) is 114 Å². The molecule has 0 atom stereocenters. The number of carbonyl (C=O) groups is 4. The van der Waals surface area contributed by atoms with Crippen molar-refractivity contribution in [3.8, 4) is 23.0 Å². The molecule has 224 valence electrons. The van der Waals surface area contributed by atoms with E-state index in [1.165, 1.54) is 24.3 Å². The highest BCUT2D eigenvalue weighted by molar-refractivity contribution is 5.93. The molecule has 0 aliphatic carbocycles. The van der Waals surface area contributed by atoms with Gasteiger partial charge in [0.15, 0.2) is 0 Å². The molecule has 0 aromatic heterocycles. The lowest BCUT2D eigenvalue weighted by Gasteiger charge is -2.12. The quantitative estimate of drug-likeness (QED) is 0.0910. The summed E-state index contributed by atoms with van der Waals surface area (Å²) in [6, 6.07) is 17.3. The summed E-state index contributed by atoms with van der Waals surface area (Å²) in [7, 11) is 0. The third-order valence-corrected chi connectivity index (χ3v) is 5.84. The molecule has 0 amide bonds. The van der Waals surface area contributed by atoms with Crippen molar-refractivity contribution in [2.75, 3.05) is 13.2 Å². The van der Waals surface area contributed by atoms with E-state index < -0.39 is 23.9 Å². The zero-order valence-corrected chi connectivity index (χ0v) is 24.5. The van der Waals surface area contributed by atoms with Gasteiger partial charge in [-0.05, 0) is 92.6 Å². The zero-order valence-electron chi connectivity index (χ0n) is 24.5. The zero-order chi connectivity index (χ0) is 31.4. The summed E-state index contributed by atoms with van der Waals surface area (Å²) in [5.41, 5.74) is 1.90. The van der Waals surface area contributed by atoms with Crippen LogP contribution < -0.4 is 18.9 Å². The summed E-state index contributed by atoms with van der Waals surface area (Å²) in [5, 5.41) is 0. The molecule has 0 aliphatic rings. The first-order valence-electron chi connectivity index (χ1n) is 13.7. The fourth-order valence-electron chi connectivity index (χ4n) is 3.59. The Morgan fingerprint density at radius 1 is 0.651 bits per heavy atom. The van der Waals surface area contributed by atoms with Gasteiger partial charge in [0.05, 0.1) is 24.3 Å². The van der Waals surface area contributed by atoms with Crippen molar-refractivity contribution in [1.29, 1.82) is 0 Å². The summed E-state index contributed by atoms with van der Waals surface area (Å²) >= 11 is 0. The van der Waals surface area contributed by atoms with E-state index in [9.17, 15) is 19.2 Å². The van der Waals surface area contributed by atoms with Crippen LogP contribution in [-0.2, 0) is 20.7 Å². The number of benzene rings is 3. The third kappa shape index (κ3) is 10.00. The minimum absolute atomic E-state index is 0.218. The van der Waals surface area contributed by atoms with E-state index in [1.54, 1.807) is 56.3 Å². The van der Waals surface area contributed by atoms with E-state index >= 15 is 0 Å². The van der Waals surface area contributed by atoms with Crippen molar-refractivity contribution in [3.05, 3.63) is 108 Å². The van der Waals surface area contributed by atoms with Crippen molar-refractivity contribution < 1.29 is 42.9 Å². The van der Waals surface area contributed by atoms with Gasteiger partial charge in [0.25, 0.3) is 0 Å². The smallest absolute Gasteiger partial charge is 0.343 e. The normalized spacial score (nSPS) is 10.3. The molecule has 0 saturated carbocycles. The van der Waals surface area contributed by atoms with Crippen molar-refractivity contribution in [1.82, 2.24) is 0 Å². The number of esters is 4. The van der Waals surface area contributed by atoms with E-state index in [4.69, 9.17) is 23.7 Å². The second kappa shape index (κ2) is 15.7. The molecule has 43 heavy (non-hydrogen) atoms. The van der Waals surface area contributed by atoms with Crippen molar-refractivity contribution in [2.24, 2.45) is 0 Å². The molecule has 0 heterocycles. The maximum absolute atomic E-state index is 12.8. The fourth-order valence-corrected chi connectivity index (χ4v) is 3.59. The van der Waals surface area contributed by atoms with Crippen molar-refractivity contribution >= 4 is 23.9 Å². The first kappa shape index (κ1) is 32.3. The Kier molecular flexibility index (Phi) is 11.8. The largest absolute Gasteiger partial charge is 0.493 e. The van der Waals surface area contributed by atoms with E-state index in [0.717, 1.165) is 6.42 Å². The highest BCUT2D eigenvalue weighted by Gasteiger charge is 2.16. The molecular formula is C34H34O9. The number of carbonyl (C=O) groups excluding carboxylic acids is 4. The highest BCUT2D eigenvalue weighted by atomic mass is 16.5. The predicted octanol–water partition coefficient (Wildman–Crippen LogP) is 6.45. The van der Waals surface area contributed by atoms with Gasteiger partial charge in [0.2, 0.25) is 0 Å². The minimum Gasteiger partial charge on any atom is -0.493 e. The van der Waals surface area contributed by atoms with Crippen LogP contribution in [-0.4, -0.2) is 37.1 Å². The van der Waals surface area contributed by atoms with Gasteiger partial charge in [-0.3, -0.25) is 0 Å². The van der Waals surface area contributed by atoms with Crippen molar-refractivity contribution in [2.45, 2.75) is 40.0 Å². The molecule has 3 rings (SSSR count).